The van der Waals surface area contributed by atoms with Crippen molar-refractivity contribution in [1.82, 2.24) is 10.4 Å². The predicted octanol–water partition coefficient (Wildman–Crippen LogP) is -0.682. The summed E-state index contributed by atoms with van der Waals surface area (Å²) in [4.78, 5) is 20.2. The third kappa shape index (κ3) is 3.85. The van der Waals surface area contributed by atoms with Crippen LogP contribution < -0.4 is 5.32 Å². The second kappa shape index (κ2) is 4.75. The third-order valence-corrected chi connectivity index (χ3v) is 0.881. The molecule has 58 valence electrons. The highest BCUT2D eigenvalue weighted by molar-refractivity contribution is 5.75. The standard InChI is InChI=1S/C5H10N2O3/c1-2-5(9)6-3-7(10)4-8/h4,10H,2-3H2,1H3,(H,6,9). The van der Waals surface area contributed by atoms with E-state index in [-0.39, 0.29) is 19.0 Å². The predicted molar refractivity (Wildman–Crippen MR) is 33.0 cm³/mol. The number of nitrogens with one attached hydrogen (secondary N) is 1. The zero-order valence-electron chi connectivity index (χ0n) is 5.70. The van der Waals surface area contributed by atoms with Crippen molar-refractivity contribution in [1.29, 1.82) is 0 Å². The van der Waals surface area contributed by atoms with Gasteiger partial charge in [-0.1, -0.05) is 6.92 Å². The van der Waals surface area contributed by atoms with E-state index in [1.165, 1.54) is 0 Å². The largest absolute Gasteiger partial charge is 0.336 e. The molecule has 0 radical (unpaired) electrons. The van der Waals surface area contributed by atoms with Gasteiger partial charge in [-0.25, -0.2) is 5.06 Å². The molecule has 2 N–H and O–H groups in total. The minimum Gasteiger partial charge on any atom is -0.336 e. The molecule has 0 spiro atoms. The molecule has 2 amide bonds. The van der Waals surface area contributed by atoms with Gasteiger partial charge in [-0.2, -0.15) is 0 Å². The Labute approximate surface area is 58.6 Å². The first-order valence-corrected chi connectivity index (χ1v) is 2.88. The van der Waals surface area contributed by atoms with Crippen LogP contribution in [-0.4, -0.2) is 29.3 Å². The number of nitrogens with zero attached hydrogens (tertiary/aromatic N) is 1. The molecular formula is C5H10N2O3. The fourth-order valence-electron chi connectivity index (χ4n) is 0.331. The lowest BCUT2D eigenvalue weighted by atomic mass is 10.5. The van der Waals surface area contributed by atoms with Crippen LogP contribution in [0.2, 0.25) is 0 Å². The minimum atomic E-state index is -0.207. The van der Waals surface area contributed by atoms with Gasteiger partial charge in [0.2, 0.25) is 12.3 Å². The van der Waals surface area contributed by atoms with Crippen molar-refractivity contribution in [2.24, 2.45) is 0 Å². The summed E-state index contributed by atoms with van der Waals surface area (Å²) in [5.41, 5.74) is 0. The van der Waals surface area contributed by atoms with Gasteiger partial charge in [-0.3, -0.25) is 14.8 Å². The van der Waals surface area contributed by atoms with Gasteiger partial charge in [0, 0.05) is 6.42 Å². The van der Waals surface area contributed by atoms with E-state index in [1.807, 2.05) is 0 Å². The third-order valence-electron chi connectivity index (χ3n) is 0.881. The molecule has 5 nitrogen and oxygen atoms in total. The van der Waals surface area contributed by atoms with E-state index in [2.05, 4.69) is 5.32 Å². The molecule has 0 aromatic heterocycles. The quantitative estimate of drug-likeness (QED) is 0.239. The first-order valence-electron chi connectivity index (χ1n) is 2.88. The van der Waals surface area contributed by atoms with Gasteiger partial charge < -0.3 is 5.32 Å². The van der Waals surface area contributed by atoms with E-state index in [0.717, 1.165) is 0 Å². The number of carbonyl (C=O) groups is 2. The number of carbonyl (C=O) groups excluding carboxylic acids is 2. The summed E-state index contributed by atoms with van der Waals surface area (Å²) in [6, 6.07) is 0. The molecule has 10 heavy (non-hydrogen) atoms. The molecule has 0 aliphatic carbocycles. The maximum atomic E-state index is 10.5. The Bertz CT molecular complexity index is 126. The summed E-state index contributed by atoms with van der Waals surface area (Å²) in [5, 5.41) is 11.1. The SMILES string of the molecule is CCC(=O)NCN(O)C=O. The fourth-order valence-corrected chi connectivity index (χ4v) is 0.331. The first-order chi connectivity index (χ1) is 4.70. The van der Waals surface area contributed by atoms with E-state index in [0.29, 0.717) is 11.5 Å². The lowest BCUT2D eigenvalue weighted by molar-refractivity contribution is -0.152. The van der Waals surface area contributed by atoms with Crippen molar-refractivity contribution in [3.8, 4) is 0 Å². The summed E-state index contributed by atoms with van der Waals surface area (Å²) >= 11 is 0. The van der Waals surface area contributed by atoms with E-state index >= 15 is 0 Å². The van der Waals surface area contributed by atoms with Crippen LogP contribution >= 0.6 is 0 Å². The highest BCUT2D eigenvalue weighted by Crippen LogP contribution is 1.75. The average Bonchev–Trinajstić information content (AvgIpc) is 1.99. The molecule has 0 fully saturated rings. The topological polar surface area (TPSA) is 69.6 Å². The van der Waals surface area contributed by atoms with E-state index in [1.54, 1.807) is 6.92 Å². The van der Waals surface area contributed by atoms with Crippen LogP contribution in [0.4, 0.5) is 0 Å². The summed E-state index contributed by atoms with van der Waals surface area (Å²) in [7, 11) is 0. The van der Waals surface area contributed by atoms with Crippen molar-refractivity contribution >= 4 is 12.3 Å². The zero-order valence-corrected chi connectivity index (χ0v) is 5.70. The van der Waals surface area contributed by atoms with Crippen molar-refractivity contribution < 1.29 is 14.8 Å². The molecule has 0 bridgehead atoms. The zero-order chi connectivity index (χ0) is 7.98. The Morgan fingerprint density at radius 2 is 2.40 bits per heavy atom. The number of hydroxylamine groups is 2. The Morgan fingerprint density at radius 3 is 2.80 bits per heavy atom. The highest BCUT2D eigenvalue weighted by Gasteiger charge is 1.97. The molecule has 0 unspecified atom stereocenters. The van der Waals surface area contributed by atoms with Crippen LogP contribution in [-0.2, 0) is 9.59 Å². The Balaban J connectivity index is 3.34. The molecule has 0 aliphatic rings. The van der Waals surface area contributed by atoms with Gasteiger partial charge in [0.15, 0.2) is 0 Å². The maximum absolute atomic E-state index is 10.5. The number of hydrogen-bond donors (Lipinski definition) is 2. The van der Waals surface area contributed by atoms with Gasteiger partial charge in [0.05, 0.1) is 0 Å². The number of hydrogen-bond acceptors (Lipinski definition) is 3. The fraction of sp³-hybridized carbons (Fsp3) is 0.600. The van der Waals surface area contributed by atoms with Gasteiger partial charge in [-0.05, 0) is 0 Å². The Kier molecular flexibility index (Phi) is 4.23. The van der Waals surface area contributed by atoms with Crippen LogP contribution in [0, 0.1) is 0 Å². The van der Waals surface area contributed by atoms with E-state index in [4.69, 9.17) is 5.21 Å². The van der Waals surface area contributed by atoms with Crippen LogP contribution in [0.3, 0.4) is 0 Å². The minimum absolute atomic E-state index is 0.157. The first kappa shape index (κ1) is 8.90. The van der Waals surface area contributed by atoms with Crippen molar-refractivity contribution in [2.45, 2.75) is 13.3 Å². The molecule has 5 heteroatoms. The maximum Gasteiger partial charge on any atom is 0.234 e. The van der Waals surface area contributed by atoms with Gasteiger partial charge in [0.25, 0.3) is 0 Å². The van der Waals surface area contributed by atoms with Gasteiger partial charge in [0.1, 0.15) is 6.67 Å². The molecule has 0 rings (SSSR count). The van der Waals surface area contributed by atoms with Crippen molar-refractivity contribution in [2.75, 3.05) is 6.67 Å². The lowest BCUT2D eigenvalue weighted by Crippen LogP contribution is -2.34. The molecule has 0 aliphatic heterocycles. The summed E-state index contributed by atoms with van der Waals surface area (Å²) in [5.74, 6) is -0.207. The summed E-state index contributed by atoms with van der Waals surface area (Å²) < 4.78 is 0. The lowest BCUT2D eigenvalue weighted by Gasteiger charge is -2.08. The average molecular weight is 146 g/mol. The smallest absolute Gasteiger partial charge is 0.234 e. The van der Waals surface area contributed by atoms with Crippen molar-refractivity contribution in [3.05, 3.63) is 0 Å². The van der Waals surface area contributed by atoms with E-state index in [9.17, 15) is 9.59 Å². The van der Waals surface area contributed by atoms with Crippen molar-refractivity contribution in [3.63, 3.8) is 0 Å². The number of amides is 2. The highest BCUT2D eigenvalue weighted by atomic mass is 16.5. The molecule has 0 atom stereocenters. The molecule has 0 saturated carbocycles. The summed E-state index contributed by atoms with van der Waals surface area (Å²) in [6.45, 7) is 1.52. The van der Waals surface area contributed by atoms with Crippen LogP contribution in [0.1, 0.15) is 13.3 Å². The number of rotatable bonds is 4. The normalized spacial score (nSPS) is 8.60. The molecular weight excluding hydrogens is 136 g/mol. The second-order valence-corrected chi connectivity index (χ2v) is 1.66. The van der Waals surface area contributed by atoms with Crippen LogP contribution in [0.15, 0.2) is 0 Å². The monoisotopic (exact) mass is 146 g/mol. The van der Waals surface area contributed by atoms with Gasteiger partial charge >= 0.3 is 0 Å². The van der Waals surface area contributed by atoms with E-state index < -0.39 is 0 Å². The molecule has 0 aromatic rings. The molecule has 0 saturated heterocycles. The van der Waals surface area contributed by atoms with Gasteiger partial charge in [-0.15, -0.1) is 0 Å². The molecule has 0 aromatic carbocycles. The Morgan fingerprint density at radius 1 is 1.80 bits per heavy atom. The molecule has 0 heterocycles. The Hall–Kier alpha value is -1.10. The second-order valence-electron chi connectivity index (χ2n) is 1.66. The van der Waals surface area contributed by atoms with Crippen LogP contribution in [0.25, 0.3) is 0 Å². The van der Waals surface area contributed by atoms with Crippen LogP contribution in [0.5, 0.6) is 0 Å². The summed E-state index contributed by atoms with van der Waals surface area (Å²) in [6.07, 6.45) is 0.558.